The van der Waals surface area contributed by atoms with Crippen LogP contribution in [0.2, 0.25) is 0 Å². The highest BCUT2D eigenvalue weighted by Gasteiger charge is 2.68. The fourth-order valence-corrected chi connectivity index (χ4v) is 12.1. The fraction of sp³-hybridized carbons (Fsp3) is 0.889. The summed E-state index contributed by atoms with van der Waals surface area (Å²) < 4.78 is 60.6. The Kier molecular flexibility index (Phi) is 12.0. The molecule has 10 fully saturated rings. The minimum Gasteiger partial charge on any atom is -0.393 e. The van der Waals surface area contributed by atoms with Gasteiger partial charge in [0.2, 0.25) is 0 Å². The van der Waals surface area contributed by atoms with Crippen LogP contribution >= 0.6 is 0 Å². The van der Waals surface area contributed by atoms with Gasteiger partial charge in [-0.1, -0.05) is 52.7 Å². The average molecular weight is 785 g/mol. The van der Waals surface area contributed by atoms with Crippen LogP contribution in [-0.4, -0.2) is 121 Å². The van der Waals surface area contributed by atoms with Crippen LogP contribution in [0.5, 0.6) is 0 Å². The van der Waals surface area contributed by atoms with Crippen LogP contribution in [0.25, 0.3) is 0 Å². The number of hydrogen-bond donors (Lipinski definition) is 1. The van der Waals surface area contributed by atoms with Gasteiger partial charge >= 0.3 is 0 Å². The predicted molar refractivity (Wildman–Crippen MR) is 206 cm³/mol. The zero-order chi connectivity index (χ0) is 38.7. The lowest BCUT2D eigenvalue weighted by Crippen LogP contribution is -2.61. The number of ketones is 1. The molecule has 314 valence electrons. The summed E-state index contributed by atoms with van der Waals surface area (Å²) in [4.78, 5) is 14.2. The molecule has 10 saturated heterocycles. The van der Waals surface area contributed by atoms with Crippen LogP contribution in [0.3, 0.4) is 0 Å². The largest absolute Gasteiger partial charge is 0.393 e. The molecule has 12 bridgehead atoms. The van der Waals surface area contributed by atoms with Crippen LogP contribution in [0.15, 0.2) is 24.3 Å². The van der Waals surface area contributed by atoms with Gasteiger partial charge in [0.05, 0.1) is 67.1 Å². The first kappa shape index (κ1) is 40.2. The first-order valence-corrected chi connectivity index (χ1v) is 22.5. The molecule has 1 unspecified atom stereocenters. The van der Waals surface area contributed by atoms with E-state index in [1.165, 1.54) is 6.42 Å². The standard InChI is InChI=1S/C45H68O11/c1-6-7-8-9-10-27(46)21-37-39(48-5)32-20-28(47)19-30-12-14-34-40(51-30)44-43-42(53-34)41-38(54-43)23-45(55-41,56-44)16-15-31-18-25(3)33(49-31)13-11-29-17-24(2)26(4)35(50-29)22-36(32)52-37/h24,27,29-44,46H,3-4,6-23H2,1-2,5H3/t24-,27?,29+,30-,31+,32+,33+,34+,35-,36+,37-,38-,39-,40+,41+,42+,43-,44+,45+/m1/s1. The van der Waals surface area contributed by atoms with Crippen molar-refractivity contribution < 1.29 is 52.5 Å². The van der Waals surface area contributed by atoms with Crippen LogP contribution in [0.4, 0.5) is 0 Å². The Bertz CT molecular complexity index is 1440. The molecule has 10 heterocycles. The Balaban J connectivity index is 0.967. The second kappa shape index (κ2) is 16.7. The normalized spacial score (nSPS) is 49.5. The van der Waals surface area contributed by atoms with Crippen molar-refractivity contribution in [1.82, 2.24) is 0 Å². The molecule has 0 saturated carbocycles. The average Bonchev–Trinajstić information content (AvgIpc) is 3.85. The Hall–Kier alpha value is -1.25. The second-order valence-electron chi connectivity index (χ2n) is 19.0. The molecule has 0 aliphatic carbocycles. The summed E-state index contributed by atoms with van der Waals surface area (Å²) >= 11 is 0. The first-order chi connectivity index (χ1) is 27.1. The summed E-state index contributed by atoms with van der Waals surface area (Å²) in [5.41, 5.74) is 2.24. The molecule has 56 heavy (non-hydrogen) atoms. The second-order valence-corrected chi connectivity index (χ2v) is 19.0. The van der Waals surface area contributed by atoms with E-state index in [4.69, 9.17) is 42.6 Å². The Labute approximate surface area is 333 Å². The molecule has 10 aliphatic rings. The van der Waals surface area contributed by atoms with Gasteiger partial charge in [0.1, 0.15) is 36.3 Å². The summed E-state index contributed by atoms with van der Waals surface area (Å²) in [5.74, 6) is -0.527. The molecule has 0 amide bonds. The maximum absolute atomic E-state index is 14.2. The highest BCUT2D eigenvalue weighted by atomic mass is 16.8. The van der Waals surface area contributed by atoms with Crippen molar-refractivity contribution in [3.8, 4) is 0 Å². The molecule has 1 spiro atoms. The summed E-state index contributed by atoms with van der Waals surface area (Å²) in [7, 11) is 1.71. The Morgan fingerprint density at radius 2 is 1.54 bits per heavy atom. The van der Waals surface area contributed by atoms with Gasteiger partial charge < -0.3 is 47.7 Å². The third-order valence-electron chi connectivity index (χ3n) is 15.1. The van der Waals surface area contributed by atoms with Gasteiger partial charge in [-0.05, 0) is 68.4 Å². The molecule has 10 rings (SSSR count). The van der Waals surface area contributed by atoms with Crippen molar-refractivity contribution in [1.29, 1.82) is 0 Å². The highest BCUT2D eigenvalue weighted by molar-refractivity contribution is 5.79. The third kappa shape index (κ3) is 7.90. The van der Waals surface area contributed by atoms with Crippen LogP contribution in [-0.2, 0) is 47.4 Å². The zero-order valence-corrected chi connectivity index (χ0v) is 34.1. The van der Waals surface area contributed by atoms with E-state index < -0.39 is 11.9 Å². The van der Waals surface area contributed by atoms with Crippen LogP contribution in [0, 0.1) is 11.8 Å². The van der Waals surface area contributed by atoms with Crippen molar-refractivity contribution in [2.24, 2.45) is 11.8 Å². The van der Waals surface area contributed by atoms with Crippen molar-refractivity contribution in [3.05, 3.63) is 24.3 Å². The van der Waals surface area contributed by atoms with Gasteiger partial charge in [0.25, 0.3) is 0 Å². The summed E-state index contributed by atoms with van der Waals surface area (Å²) in [5, 5.41) is 11.2. The number of rotatable bonds is 8. The molecule has 1 N–H and O–H groups in total. The van der Waals surface area contributed by atoms with Crippen molar-refractivity contribution in [2.45, 2.75) is 233 Å². The van der Waals surface area contributed by atoms with Gasteiger partial charge in [0, 0.05) is 51.6 Å². The summed E-state index contributed by atoms with van der Waals surface area (Å²) in [6, 6.07) is 0. The molecule has 0 aromatic carbocycles. The van der Waals surface area contributed by atoms with E-state index in [2.05, 4.69) is 27.0 Å². The zero-order valence-electron chi connectivity index (χ0n) is 34.1. The number of carbonyl (C=O) groups is 1. The number of hydrogen-bond acceptors (Lipinski definition) is 11. The van der Waals surface area contributed by atoms with E-state index >= 15 is 0 Å². The quantitative estimate of drug-likeness (QED) is 0.216. The lowest BCUT2D eigenvalue weighted by atomic mass is 9.81. The summed E-state index contributed by atoms with van der Waals surface area (Å²) in [6.07, 6.45) is 10.9. The van der Waals surface area contributed by atoms with E-state index in [0.29, 0.717) is 44.4 Å². The molecular weight excluding hydrogens is 716 g/mol. The van der Waals surface area contributed by atoms with E-state index in [1.807, 2.05) is 0 Å². The maximum Gasteiger partial charge on any atom is 0.172 e. The fourth-order valence-electron chi connectivity index (χ4n) is 12.1. The number of carbonyl (C=O) groups excluding carboxylic acids is 1. The Morgan fingerprint density at radius 1 is 0.768 bits per heavy atom. The van der Waals surface area contributed by atoms with Crippen LogP contribution in [0.1, 0.15) is 129 Å². The predicted octanol–water partition coefficient (Wildman–Crippen LogP) is 6.45. The minimum atomic E-state index is -0.774. The third-order valence-corrected chi connectivity index (χ3v) is 15.1. The van der Waals surface area contributed by atoms with Gasteiger partial charge in [-0.2, -0.15) is 0 Å². The molecule has 19 atom stereocenters. The number of Topliss-reactive ketones (excluding diaryl/α,β-unsaturated/α-hetero) is 1. The van der Waals surface area contributed by atoms with Crippen molar-refractivity contribution in [3.63, 3.8) is 0 Å². The monoisotopic (exact) mass is 784 g/mol. The smallest absolute Gasteiger partial charge is 0.172 e. The SMILES string of the molecule is C=C1C[C@@H]2CC[C@@]34C[C@H]5O[C@H]6[C@@H](O3)[C@H]3O[C@H](CC[C@@H]3O[C@H]6[C@H]5O4)CC(=O)C[C@@H]3[C@@H](OC)[C@@H](CC(O)CCCCCC)O[C@H]3C[C@H]3O[C@@H](CC[C@@H]1O2)C[C@@H](C)C3=C. The highest BCUT2D eigenvalue weighted by Crippen LogP contribution is 2.54. The van der Waals surface area contributed by atoms with Gasteiger partial charge in [-0.15, -0.1) is 0 Å². The first-order valence-electron chi connectivity index (χ1n) is 22.5. The number of ether oxygens (including phenoxy) is 9. The molecule has 0 aromatic rings. The summed E-state index contributed by atoms with van der Waals surface area (Å²) in [6.45, 7) is 13.4. The number of aliphatic hydroxyl groups is 1. The molecule has 0 aromatic heterocycles. The lowest BCUT2D eigenvalue weighted by Gasteiger charge is -2.47. The van der Waals surface area contributed by atoms with Gasteiger partial charge in [-0.3, -0.25) is 4.79 Å². The number of methoxy groups -OCH3 is 1. The topological polar surface area (TPSA) is 120 Å². The molecular formula is C45H68O11. The Morgan fingerprint density at radius 3 is 2.38 bits per heavy atom. The number of aliphatic hydroxyl groups excluding tert-OH is 1. The number of unbranched alkanes of at least 4 members (excludes halogenated alkanes) is 3. The molecule has 11 nitrogen and oxygen atoms in total. The molecule has 11 heteroatoms. The lowest BCUT2D eigenvalue weighted by molar-refractivity contribution is -0.292. The van der Waals surface area contributed by atoms with E-state index in [9.17, 15) is 9.90 Å². The molecule has 10 aliphatic heterocycles. The van der Waals surface area contributed by atoms with Crippen LogP contribution < -0.4 is 0 Å². The van der Waals surface area contributed by atoms with Crippen molar-refractivity contribution in [2.75, 3.05) is 7.11 Å². The van der Waals surface area contributed by atoms with E-state index in [-0.39, 0.29) is 103 Å². The minimum absolute atomic E-state index is 0.00703. The van der Waals surface area contributed by atoms with E-state index in [1.54, 1.807) is 7.11 Å². The van der Waals surface area contributed by atoms with E-state index in [0.717, 1.165) is 81.8 Å². The van der Waals surface area contributed by atoms with Crippen molar-refractivity contribution >= 4 is 5.78 Å². The van der Waals surface area contributed by atoms with Gasteiger partial charge in [-0.25, -0.2) is 0 Å². The van der Waals surface area contributed by atoms with Gasteiger partial charge in [0.15, 0.2) is 5.79 Å². The maximum atomic E-state index is 14.2. The molecule has 0 radical (unpaired) electrons. The number of fused-ring (bicyclic) bond motifs is 6.